The number of aryl methyl sites for hydroxylation is 1. The van der Waals surface area contributed by atoms with Gasteiger partial charge in [-0.2, -0.15) is 0 Å². The van der Waals surface area contributed by atoms with Gasteiger partial charge in [-0.1, -0.05) is 5.16 Å². The number of rotatable bonds is 5. The molecule has 0 radical (unpaired) electrons. The van der Waals surface area contributed by atoms with Gasteiger partial charge in [-0.15, -0.1) is 0 Å². The Morgan fingerprint density at radius 3 is 2.96 bits per heavy atom. The molecule has 2 heterocycles. The molecule has 0 aliphatic carbocycles. The van der Waals surface area contributed by atoms with Crippen LogP contribution in [0.1, 0.15) is 36.4 Å². The van der Waals surface area contributed by atoms with E-state index in [0.717, 1.165) is 23.3 Å². The summed E-state index contributed by atoms with van der Waals surface area (Å²) in [5.74, 6) is 1.71. The Labute approximate surface area is 139 Å². The number of ether oxygens (including phenoxy) is 2. The summed E-state index contributed by atoms with van der Waals surface area (Å²) in [6.07, 6.45) is 4.25. The molecule has 2 aromatic rings. The first-order chi connectivity index (χ1) is 11.5. The van der Waals surface area contributed by atoms with Crippen molar-refractivity contribution < 1.29 is 18.9 Å². The second kappa shape index (κ2) is 6.35. The molecule has 1 aromatic heterocycles. The van der Waals surface area contributed by atoms with E-state index in [-0.39, 0.29) is 23.2 Å². The second-order valence-corrected chi connectivity index (χ2v) is 5.63. The van der Waals surface area contributed by atoms with Crippen LogP contribution in [0.4, 0.5) is 5.69 Å². The van der Waals surface area contributed by atoms with E-state index in [9.17, 15) is 10.1 Å². The Morgan fingerprint density at radius 1 is 1.46 bits per heavy atom. The van der Waals surface area contributed by atoms with Crippen LogP contribution >= 0.6 is 0 Å². The number of benzene rings is 1. The van der Waals surface area contributed by atoms with Crippen molar-refractivity contribution in [3.8, 4) is 11.5 Å². The average Bonchev–Trinajstić information content (AvgIpc) is 3.06. The van der Waals surface area contributed by atoms with Crippen LogP contribution < -0.4 is 9.47 Å². The van der Waals surface area contributed by atoms with Crippen LogP contribution in [0.3, 0.4) is 0 Å². The van der Waals surface area contributed by atoms with Gasteiger partial charge in [0.15, 0.2) is 5.69 Å². The minimum atomic E-state index is -0.498. The van der Waals surface area contributed by atoms with E-state index in [1.54, 1.807) is 12.2 Å². The lowest BCUT2D eigenvalue weighted by Gasteiger charge is -2.09. The van der Waals surface area contributed by atoms with Gasteiger partial charge in [0.05, 0.1) is 11.5 Å². The Morgan fingerprint density at radius 2 is 2.25 bits per heavy atom. The van der Waals surface area contributed by atoms with Gasteiger partial charge < -0.3 is 14.0 Å². The molecule has 0 N–H and O–H groups in total. The maximum absolute atomic E-state index is 11.1. The van der Waals surface area contributed by atoms with Crippen LogP contribution in [-0.2, 0) is 6.42 Å². The van der Waals surface area contributed by atoms with Gasteiger partial charge in [-0.3, -0.25) is 10.1 Å². The maximum atomic E-state index is 11.1. The molecule has 7 heteroatoms. The van der Waals surface area contributed by atoms with Crippen LogP contribution in [0.5, 0.6) is 11.5 Å². The highest BCUT2D eigenvalue weighted by Crippen LogP contribution is 2.36. The number of hydrogen-bond acceptors (Lipinski definition) is 6. The lowest BCUT2D eigenvalue weighted by Crippen LogP contribution is -2.05. The fourth-order valence-corrected chi connectivity index (χ4v) is 2.75. The van der Waals surface area contributed by atoms with Crippen LogP contribution in [0.2, 0.25) is 0 Å². The highest BCUT2D eigenvalue weighted by atomic mass is 16.6. The summed E-state index contributed by atoms with van der Waals surface area (Å²) in [5.41, 5.74) is 1.93. The van der Waals surface area contributed by atoms with Gasteiger partial charge in [0.1, 0.15) is 17.6 Å². The first-order valence-electron chi connectivity index (χ1n) is 7.74. The number of aromatic nitrogens is 1. The van der Waals surface area contributed by atoms with E-state index in [2.05, 4.69) is 5.16 Å². The average molecular weight is 330 g/mol. The molecular formula is C17H18N2O5. The summed E-state index contributed by atoms with van der Waals surface area (Å²) < 4.78 is 16.4. The lowest BCUT2D eigenvalue weighted by molar-refractivity contribution is -0.386. The predicted molar refractivity (Wildman–Crippen MR) is 88.2 cm³/mol. The third-order valence-corrected chi connectivity index (χ3v) is 3.79. The predicted octanol–water partition coefficient (Wildman–Crippen LogP) is 3.78. The molecule has 0 saturated carbocycles. The molecule has 1 aromatic carbocycles. The topological polar surface area (TPSA) is 87.6 Å². The number of fused-ring (bicyclic) bond motifs is 1. The first kappa shape index (κ1) is 16.0. The standard InChI is InChI=1S/C17H18N2O5/c1-4-22-15-9-13-7-10(2)23-16(13)8-12(15)5-6-14-17(19(20)21)11(3)24-18-14/h5-6,8-10H,4,7H2,1-3H3/b6-5+/t10-/m0/s1. The van der Waals surface area contributed by atoms with Crippen LogP contribution in [0.25, 0.3) is 12.2 Å². The Hall–Kier alpha value is -2.83. The third kappa shape index (κ3) is 2.97. The van der Waals surface area contributed by atoms with Crippen molar-refractivity contribution in [1.29, 1.82) is 0 Å². The molecule has 126 valence electrons. The molecule has 0 amide bonds. The molecule has 0 bridgehead atoms. The molecule has 1 aliphatic heterocycles. The first-order valence-corrected chi connectivity index (χ1v) is 7.74. The van der Waals surface area contributed by atoms with Crippen LogP contribution in [0.15, 0.2) is 16.7 Å². The quantitative estimate of drug-likeness (QED) is 0.612. The van der Waals surface area contributed by atoms with E-state index in [4.69, 9.17) is 14.0 Å². The van der Waals surface area contributed by atoms with E-state index in [1.807, 2.05) is 26.0 Å². The Balaban J connectivity index is 1.98. The van der Waals surface area contributed by atoms with Crippen molar-refractivity contribution in [1.82, 2.24) is 5.16 Å². The van der Waals surface area contributed by atoms with Gasteiger partial charge in [-0.05, 0) is 38.1 Å². The van der Waals surface area contributed by atoms with Crippen molar-refractivity contribution in [2.75, 3.05) is 6.61 Å². The van der Waals surface area contributed by atoms with E-state index < -0.39 is 4.92 Å². The van der Waals surface area contributed by atoms with Crippen molar-refractivity contribution in [2.24, 2.45) is 0 Å². The summed E-state index contributed by atoms with van der Waals surface area (Å²) in [6, 6.07) is 3.85. The van der Waals surface area contributed by atoms with Crippen molar-refractivity contribution in [3.05, 3.63) is 44.8 Å². The summed E-state index contributed by atoms with van der Waals surface area (Å²) in [5, 5.41) is 14.8. The third-order valence-electron chi connectivity index (χ3n) is 3.79. The van der Waals surface area contributed by atoms with Crippen LogP contribution in [0, 0.1) is 17.0 Å². The van der Waals surface area contributed by atoms with Gasteiger partial charge in [0, 0.05) is 24.5 Å². The van der Waals surface area contributed by atoms with E-state index in [0.29, 0.717) is 12.4 Å². The zero-order chi connectivity index (χ0) is 17.3. The van der Waals surface area contributed by atoms with Gasteiger partial charge >= 0.3 is 5.69 Å². The van der Waals surface area contributed by atoms with Gasteiger partial charge in [0.25, 0.3) is 0 Å². The molecule has 0 spiro atoms. The summed E-state index contributed by atoms with van der Waals surface area (Å²) in [4.78, 5) is 10.6. The fourth-order valence-electron chi connectivity index (χ4n) is 2.75. The fraction of sp³-hybridized carbons (Fsp3) is 0.353. The highest BCUT2D eigenvalue weighted by Gasteiger charge is 2.23. The van der Waals surface area contributed by atoms with Gasteiger partial charge in [-0.25, -0.2) is 0 Å². The second-order valence-electron chi connectivity index (χ2n) is 5.63. The van der Waals surface area contributed by atoms with Crippen molar-refractivity contribution >= 4 is 17.8 Å². The smallest absolute Gasteiger partial charge is 0.338 e. The maximum Gasteiger partial charge on any atom is 0.338 e. The zero-order valence-corrected chi connectivity index (χ0v) is 13.7. The molecule has 0 unspecified atom stereocenters. The Kier molecular flexibility index (Phi) is 4.24. The molecule has 0 saturated heterocycles. The Bertz CT molecular complexity index is 810. The zero-order valence-electron chi connectivity index (χ0n) is 13.7. The van der Waals surface area contributed by atoms with E-state index in [1.165, 1.54) is 6.92 Å². The molecule has 24 heavy (non-hydrogen) atoms. The monoisotopic (exact) mass is 330 g/mol. The SMILES string of the molecule is CCOc1cc2c(cc1/C=C/c1noc(C)c1[N+](=O)[O-])O[C@@H](C)C2. The molecule has 3 rings (SSSR count). The van der Waals surface area contributed by atoms with Crippen molar-refractivity contribution in [2.45, 2.75) is 33.3 Å². The number of nitrogens with zero attached hydrogens (tertiary/aromatic N) is 2. The minimum absolute atomic E-state index is 0.129. The normalized spacial score (nSPS) is 16.2. The molecule has 7 nitrogen and oxygen atoms in total. The summed E-state index contributed by atoms with van der Waals surface area (Å²) >= 11 is 0. The highest BCUT2D eigenvalue weighted by molar-refractivity contribution is 5.76. The van der Waals surface area contributed by atoms with Crippen LogP contribution in [-0.4, -0.2) is 22.8 Å². The number of hydrogen-bond donors (Lipinski definition) is 0. The molecule has 1 atom stereocenters. The summed E-state index contributed by atoms with van der Waals surface area (Å²) in [6.45, 7) is 5.96. The molecule has 0 fully saturated rings. The largest absolute Gasteiger partial charge is 0.493 e. The lowest BCUT2D eigenvalue weighted by atomic mass is 10.1. The number of nitro groups is 1. The minimum Gasteiger partial charge on any atom is -0.493 e. The molecule has 1 aliphatic rings. The van der Waals surface area contributed by atoms with E-state index >= 15 is 0 Å². The molecular weight excluding hydrogens is 312 g/mol. The summed E-state index contributed by atoms with van der Waals surface area (Å²) in [7, 11) is 0. The van der Waals surface area contributed by atoms with Gasteiger partial charge in [0.2, 0.25) is 5.76 Å². The van der Waals surface area contributed by atoms with Crippen molar-refractivity contribution in [3.63, 3.8) is 0 Å².